The van der Waals surface area contributed by atoms with Crippen LogP contribution in [0.15, 0.2) is 40.6 Å². The Labute approximate surface area is 111 Å². The molecule has 1 heterocycles. The van der Waals surface area contributed by atoms with Gasteiger partial charge in [-0.2, -0.15) is 0 Å². The van der Waals surface area contributed by atoms with E-state index in [2.05, 4.69) is 37.3 Å². The van der Waals surface area contributed by atoms with Crippen molar-refractivity contribution in [2.24, 2.45) is 0 Å². The molecule has 0 saturated heterocycles. The average molecular weight is 264 g/mol. The van der Waals surface area contributed by atoms with Crippen LogP contribution < -0.4 is 0 Å². The van der Waals surface area contributed by atoms with E-state index in [1.807, 2.05) is 12.3 Å². The molecule has 1 N–H and O–H groups in total. The molecule has 1 aromatic heterocycles. The first-order valence-corrected chi connectivity index (χ1v) is 7.45. The fourth-order valence-corrected chi connectivity index (χ4v) is 3.66. The van der Waals surface area contributed by atoms with Gasteiger partial charge in [-0.15, -0.1) is 23.1 Å². The summed E-state index contributed by atoms with van der Waals surface area (Å²) in [5.41, 5.74) is 2.45. The fourth-order valence-electron chi connectivity index (χ4n) is 1.68. The second-order valence-electron chi connectivity index (χ2n) is 4.11. The SMILES string of the molecule is Cc1cccc(SCC(O)c2sccc2C)c1. The highest BCUT2D eigenvalue weighted by Gasteiger charge is 2.12. The molecule has 1 aromatic carbocycles. The zero-order valence-electron chi connectivity index (χ0n) is 10.0. The highest BCUT2D eigenvalue weighted by Crippen LogP contribution is 2.29. The first-order valence-electron chi connectivity index (χ1n) is 5.58. The number of aliphatic hydroxyl groups is 1. The van der Waals surface area contributed by atoms with Gasteiger partial charge in [-0.05, 0) is 43.0 Å². The molecule has 0 aliphatic carbocycles. The van der Waals surface area contributed by atoms with E-state index in [1.54, 1.807) is 23.1 Å². The maximum absolute atomic E-state index is 10.1. The van der Waals surface area contributed by atoms with E-state index in [4.69, 9.17) is 0 Å². The van der Waals surface area contributed by atoms with Crippen molar-refractivity contribution in [2.45, 2.75) is 24.8 Å². The molecule has 1 unspecified atom stereocenters. The maximum atomic E-state index is 10.1. The normalized spacial score (nSPS) is 12.6. The summed E-state index contributed by atoms with van der Waals surface area (Å²) in [5, 5.41) is 12.1. The molecular weight excluding hydrogens is 248 g/mol. The minimum absolute atomic E-state index is 0.361. The fraction of sp³-hybridized carbons (Fsp3) is 0.286. The number of aliphatic hydroxyl groups excluding tert-OH is 1. The number of aryl methyl sites for hydroxylation is 2. The summed E-state index contributed by atoms with van der Waals surface area (Å²) in [6, 6.07) is 10.4. The van der Waals surface area contributed by atoms with Crippen molar-refractivity contribution in [3.63, 3.8) is 0 Å². The Hall–Kier alpha value is -0.770. The molecule has 1 atom stereocenters. The summed E-state index contributed by atoms with van der Waals surface area (Å²) in [6.07, 6.45) is -0.361. The smallest absolute Gasteiger partial charge is 0.0978 e. The van der Waals surface area contributed by atoms with E-state index in [1.165, 1.54) is 16.0 Å². The van der Waals surface area contributed by atoms with E-state index in [9.17, 15) is 5.11 Å². The van der Waals surface area contributed by atoms with Crippen molar-refractivity contribution < 1.29 is 5.11 Å². The van der Waals surface area contributed by atoms with Crippen LogP contribution in [0.3, 0.4) is 0 Å². The topological polar surface area (TPSA) is 20.2 Å². The third-order valence-corrected chi connectivity index (χ3v) is 4.79. The molecule has 0 bridgehead atoms. The molecule has 2 rings (SSSR count). The first-order chi connectivity index (χ1) is 8.16. The maximum Gasteiger partial charge on any atom is 0.0978 e. The third kappa shape index (κ3) is 3.35. The Balaban J connectivity index is 1.97. The zero-order valence-corrected chi connectivity index (χ0v) is 11.6. The number of hydrogen-bond donors (Lipinski definition) is 1. The molecule has 90 valence electrons. The summed E-state index contributed by atoms with van der Waals surface area (Å²) in [6.45, 7) is 4.14. The van der Waals surface area contributed by atoms with Crippen LogP contribution in [-0.4, -0.2) is 10.9 Å². The van der Waals surface area contributed by atoms with Crippen molar-refractivity contribution >= 4 is 23.1 Å². The molecule has 0 fully saturated rings. The Kier molecular flexibility index (Phi) is 4.26. The molecule has 3 heteroatoms. The van der Waals surface area contributed by atoms with E-state index in [0.29, 0.717) is 5.75 Å². The summed E-state index contributed by atoms with van der Waals surface area (Å²) in [7, 11) is 0. The van der Waals surface area contributed by atoms with Crippen LogP contribution in [0.25, 0.3) is 0 Å². The van der Waals surface area contributed by atoms with Gasteiger partial charge in [-0.3, -0.25) is 0 Å². The van der Waals surface area contributed by atoms with Gasteiger partial charge in [0.1, 0.15) is 0 Å². The largest absolute Gasteiger partial charge is 0.387 e. The van der Waals surface area contributed by atoms with Gasteiger partial charge in [0.15, 0.2) is 0 Å². The van der Waals surface area contributed by atoms with Crippen molar-refractivity contribution in [1.82, 2.24) is 0 Å². The van der Waals surface area contributed by atoms with Crippen LogP contribution in [0, 0.1) is 13.8 Å². The van der Waals surface area contributed by atoms with Gasteiger partial charge in [0.2, 0.25) is 0 Å². The van der Waals surface area contributed by atoms with Crippen LogP contribution in [0.5, 0.6) is 0 Å². The summed E-state index contributed by atoms with van der Waals surface area (Å²) >= 11 is 3.34. The van der Waals surface area contributed by atoms with Crippen molar-refractivity contribution in [2.75, 3.05) is 5.75 Å². The summed E-state index contributed by atoms with van der Waals surface area (Å²) < 4.78 is 0. The molecule has 0 radical (unpaired) electrons. The van der Waals surface area contributed by atoms with E-state index >= 15 is 0 Å². The molecule has 0 saturated carbocycles. The lowest BCUT2D eigenvalue weighted by Gasteiger charge is -2.10. The number of benzene rings is 1. The summed E-state index contributed by atoms with van der Waals surface area (Å²) in [4.78, 5) is 2.31. The molecule has 17 heavy (non-hydrogen) atoms. The second kappa shape index (κ2) is 5.71. The molecule has 0 amide bonds. The quantitative estimate of drug-likeness (QED) is 0.836. The highest BCUT2D eigenvalue weighted by molar-refractivity contribution is 7.99. The van der Waals surface area contributed by atoms with Crippen molar-refractivity contribution in [3.05, 3.63) is 51.7 Å². The molecule has 0 aliphatic heterocycles. The number of hydrogen-bond acceptors (Lipinski definition) is 3. The van der Waals surface area contributed by atoms with Gasteiger partial charge >= 0.3 is 0 Å². The molecule has 0 spiro atoms. The molecular formula is C14H16OS2. The van der Waals surface area contributed by atoms with Gasteiger partial charge in [-0.1, -0.05) is 17.7 Å². The van der Waals surface area contributed by atoms with Gasteiger partial charge in [0.05, 0.1) is 6.10 Å². The van der Waals surface area contributed by atoms with Gasteiger partial charge < -0.3 is 5.11 Å². The van der Waals surface area contributed by atoms with E-state index < -0.39 is 0 Å². The lowest BCUT2D eigenvalue weighted by Crippen LogP contribution is -1.99. The number of thiophene rings is 1. The second-order valence-corrected chi connectivity index (χ2v) is 6.15. The van der Waals surface area contributed by atoms with Gasteiger partial charge in [0, 0.05) is 15.5 Å². The van der Waals surface area contributed by atoms with Gasteiger partial charge in [-0.25, -0.2) is 0 Å². The minimum Gasteiger partial charge on any atom is -0.387 e. The van der Waals surface area contributed by atoms with Crippen LogP contribution in [0.2, 0.25) is 0 Å². The average Bonchev–Trinajstić information content (AvgIpc) is 2.72. The minimum atomic E-state index is -0.361. The predicted octanol–water partition coefficient (Wildman–Crippen LogP) is 4.19. The molecule has 1 nitrogen and oxygen atoms in total. The lowest BCUT2D eigenvalue weighted by atomic mass is 10.2. The van der Waals surface area contributed by atoms with Gasteiger partial charge in [0.25, 0.3) is 0 Å². The number of rotatable bonds is 4. The molecule has 2 aromatic rings. The molecule has 0 aliphatic rings. The highest BCUT2D eigenvalue weighted by atomic mass is 32.2. The van der Waals surface area contributed by atoms with E-state index in [0.717, 1.165) is 4.88 Å². The Morgan fingerprint density at radius 1 is 1.29 bits per heavy atom. The Morgan fingerprint density at radius 3 is 2.76 bits per heavy atom. The first kappa shape index (κ1) is 12.7. The monoisotopic (exact) mass is 264 g/mol. The van der Waals surface area contributed by atoms with Crippen LogP contribution in [-0.2, 0) is 0 Å². The zero-order chi connectivity index (χ0) is 12.3. The van der Waals surface area contributed by atoms with Crippen molar-refractivity contribution in [1.29, 1.82) is 0 Å². The van der Waals surface area contributed by atoms with Crippen LogP contribution in [0.4, 0.5) is 0 Å². The Bertz CT molecular complexity index is 490. The van der Waals surface area contributed by atoms with Crippen molar-refractivity contribution in [3.8, 4) is 0 Å². The van der Waals surface area contributed by atoms with E-state index in [-0.39, 0.29) is 6.10 Å². The Morgan fingerprint density at radius 2 is 2.12 bits per heavy atom. The standard InChI is InChI=1S/C14H16OS2/c1-10-4-3-5-12(8-10)17-9-13(15)14-11(2)6-7-16-14/h3-8,13,15H,9H2,1-2H3. The predicted molar refractivity (Wildman–Crippen MR) is 75.9 cm³/mol. The van der Waals surface area contributed by atoms with Crippen LogP contribution in [0.1, 0.15) is 22.1 Å². The van der Waals surface area contributed by atoms with Crippen LogP contribution >= 0.6 is 23.1 Å². The lowest BCUT2D eigenvalue weighted by molar-refractivity contribution is 0.207. The third-order valence-electron chi connectivity index (χ3n) is 2.60. The summed E-state index contributed by atoms with van der Waals surface area (Å²) in [5.74, 6) is 0.713. The number of thioether (sulfide) groups is 1.